The van der Waals surface area contributed by atoms with Crippen molar-refractivity contribution in [1.29, 1.82) is 0 Å². The Morgan fingerprint density at radius 3 is 2.69 bits per heavy atom. The van der Waals surface area contributed by atoms with Gasteiger partial charge in [0.15, 0.2) is 0 Å². The van der Waals surface area contributed by atoms with Gasteiger partial charge in [0.1, 0.15) is 11.5 Å². The van der Waals surface area contributed by atoms with E-state index < -0.39 is 0 Å². The van der Waals surface area contributed by atoms with Crippen molar-refractivity contribution in [3.05, 3.63) is 23.9 Å². The van der Waals surface area contributed by atoms with Gasteiger partial charge in [0.25, 0.3) is 0 Å². The number of nitrogens with two attached hydrogens (primary N) is 1. The molecule has 0 radical (unpaired) electrons. The zero-order valence-corrected chi connectivity index (χ0v) is 9.02. The van der Waals surface area contributed by atoms with Crippen LogP contribution in [0.3, 0.4) is 0 Å². The van der Waals surface area contributed by atoms with Gasteiger partial charge in [-0.15, -0.1) is 0 Å². The maximum Gasteiger partial charge on any atom is 0.230 e. The number of aromatic hydroxyl groups is 1. The lowest BCUT2D eigenvalue weighted by molar-refractivity contribution is 0.413. The van der Waals surface area contributed by atoms with Gasteiger partial charge in [0.05, 0.1) is 18.9 Å². The lowest BCUT2D eigenvalue weighted by Gasteiger charge is -2.09. The highest BCUT2D eigenvalue weighted by atomic mass is 16.5. The summed E-state index contributed by atoms with van der Waals surface area (Å²) in [6.45, 7) is 1.79. The van der Waals surface area contributed by atoms with Crippen LogP contribution >= 0.6 is 0 Å². The zero-order valence-electron chi connectivity index (χ0n) is 9.02. The van der Waals surface area contributed by atoms with Crippen LogP contribution in [0.5, 0.6) is 11.5 Å². The van der Waals surface area contributed by atoms with Gasteiger partial charge in [-0.25, -0.2) is 0 Å². The molecule has 0 aliphatic heterocycles. The number of hydrogen-bond acceptors (Lipinski definition) is 5. The Morgan fingerprint density at radius 2 is 2.12 bits per heavy atom. The highest BCUT2D eigenvalue weighted by Crippen LogP contribution is 2.37. The second-order valence-electron chi connectivity index (χ2n) is 3.44. The van der Waals surface area contributed by atoms with Crippen LogP contribution in [0.1, 0.15) is 5.56 Å². The minimum absolute atomic E-state index is 0.177. The molecular formula is C11H12N2O3. The van der Waals surface area contributed by atoms with Crippen molar-refractivity contribution in [3.63, 3.8) is 0 Å². The van der Waals surface area contributed by atoms with E-state index in [1.165, 1.54) is 6.20 Å². The summed E-state index contributed by atoms with van der Waals surface area (Å²) in [6, 6.07) is 3.31. The van der Waals surface area contributed by atoms with Crippen molar-refractivity contribution in [1.82, 2.24) is 5.16 Å². The van der Waals surface area contributed by atoms with Crippen LogP contribution in [-0.2, 0) is 0 Å². The quantitative estimate of drug-likeness (QED) is 0.808. The first kappa shape index (κ1) is 10.4. The summed E-state index contributed by atoms with van der Waals surface area (Å²) in [5.74, 6) is 0.989. The smallest absolute Gasteiger partial charge is 0.230 e. The van der Waals surface area contributed by atoms with Gasteiger partial charge in [-0.05, 0) is 24.6 Å². The molecule has 5 heteroatoms. The van der Waals surface area contributed by atoms with Crippen LogP contribution in [0.25, 0.3) is 11.1 Å². The number of rotatable bonds is 2. The summed E-state index contributed by atoms with van der Waals surface area (Å²) < 4.78 is 10.0. The summed E-state index contributed by atoms with van der Waals surface area (Å²) in [5, 5.41) is 13.3. The predicted molar refractivity (Wildman–Crippen MR) is 59.3 cm³/mol. The fourth-order valence-corrected chi connectivity index (χ4v) is 1.50. The zero-order chi connectivity index (χ0) is 11.7. The van der Waals surface area contributed by atoms with Crippen molar-refractivity contribution in [2.45, 2.75) is 6.92 Å². The number of methoxy groups -OCH3 is 1. The molecule has 1 aromatic heterocycles. The number of phenols is 1. The van der Waals surface area contributed by atoms with Gasteiger partial charge in [0.2, 0.25) is 5.88 Å². The van der Waals surface area contributed by atoms with E-state index in [0.717, 1.165) is 5.56 Å². The number of hydrogen-bond donors (Lipinski definition) is 2. The first-order valence-corrected chi connectivity index (χ1v) is 4.71. The molecule has 0 atom stereocenters. The van der Waals surface area contributed by atoms with Crippen LogP contribution < -0.4 is 10.5 Å². The van der Waals surface area contributed by atoms with Gasteiger partial charge in [-0.2, -0.15) is 0 Å². The molecule has 84 valence electrons. The minimum Gasteiger partial charge on any atom is -0.508 e. The van der Waals surface area contributed by atoms with Crippen LogP contribution in [0, 0.1) is 6.92 Å². The molecule has 5 nitrogen and oxygen atoms in total. The van der Waals surface area contributed by atoms with Crippen LogP contribution in [0.2, 0.25) is 0 Å². The van der Waals surface area contributed by atoms with E-state index in [1.807, 2.05) is 0 Å². The predicted octanol–water partition coefficient (Wildman–Crippen LogP) is 1.95. The summed E-state index contributed by atoms with van der Waals surface area (Å²) in [4.78, 5) is 0. The van der Waals surface area contributed by atoms with Crippen molar-refractivity contribution in [3.8, 4) is 22.6 Å². The number of ether oxygens (including phenoxy) is 1. The van der Waals surface area contributed by atoms with E-state index in [4.69, 9.17) is 15.0 Å². The molecule has 2 aromatic rings. The molecule has 0 aliphatic carbocycles. The van der Waals surface area contributed by atoms with E-state index >= 15 is 0 Å². The van der Waals surface area contributed by atoms with Crippen LogP contribution in [0.4, 0.5) is 5.88 Å². The Morgan fingerprint density at radius 1 is 1.38 bits per heavy atom. The van der Waals surface area contributed by atoms with E-state index in [1.54, 1.807) is 26.2 Å². The molecule has 0 spiro atoms. The summed E-state index contributed by atoms with van der Waals surface area (Å²) in [6.07, 6.45) is 1.49. The minimum atomic E-state index is 0.177. The van der Waals surface area contributed by atoms with Crippen molar-refractivity contribution in [2.24, 2.45) is 0 Å². The number of aryl methyl sites for hydroxylation is 1. The molecule has 0 saturated carbocycles. The maximum absolute atomic E-state index is 9.66. The lowest BCUT2D eigenvalue weighted by Crippen LogP contribution is -1.91. The fourth-order valence-electron chi connectivity index (χ4n) is 1.50. The Kier molecular flexibility index (Phi) is 2.44. The molecule has 0 fully saturated rings. The van der Waals surface area contributed by atoms with E-state index in [2.05, 4.69) is 5.16 Å². The average molecular weight is 220 g/mol. The van der Waals surface area contributed by atoms with Gasteiger partial charge in [-0.1, -0.05) is 5.16 Å². The van der Waals surface area contributed by atoms with Gasteiger partial charge in [0, 0.05) is 5.56 Å². The molecule has 2 rings (SSSR count). The maximum atomic E-state index is 9.66. The third-order valence-corrected chi connectivity index (χ3v) is 2.41. The molecule has 3 N–H and O–H groups in total. The van der Waals surface area contributed by atoms with Gasteiger partial charge >= 0.3 is 0 Å². The normalized spacial score (nSPS) is 10.4. The number of phenolic OH excluding ortho intramolecular Hbond substituents is 1. The second kappa shape index (κ2) is 3.77. The van der Waals surface area contributed by atoms with E-state index in [0.29, 0.717) is 16.9 Å². The highest BCUT2D eigenvalue weighted by Gasteiger charge is 2.14. The Labute approximate surface area is 92.4 Å². The van der Waals surface area contributed by atoms with Crippen LogP contribution in [0.15, 0.2) is 22.9 Å². The highest BCUT2D eigenvalue weighted by molar-refractivity contribution is 5.78. The lowest BCUT2D eigenvalue weighted by atomic mass is 10.0. The van der Waals surface area contributed by atoms with E-state index in [9.17, 15) is 5.11 Å². The van der Waals surface area contributed by atoms with Crippen molar-refractivity contribution < 1.29 is 14.4 Å². The third kappa shape index (κ3) is 1.56. The second-order valence-corrected chi connectivity index (χ2v) is 3.44. The number of benzene rings is 1. The molecule has 0 bridgehead atoms. The number of nitrogens with zero attached hydrogens (tertiary/aromatic N) is 1. The Hall–Kier alpha value is -2.17. The number of nitrogen functional groups attached to an aromatic ring is 1. The van der Waals surface area contributed by atoms with Crippen LogP contribution in [-0.4, -0.2) is 17.4 Å². The van der Waals surface area contributed by atoms with Crippen molar-refractivity contribution >= 4 is 5.88 Å². The number of anilines is 1. The molecule has 16 heavy (non-hydrogen) atoms. The van der Waals surface area contributed by atoms with Gasteiger partial charge in [-0.3, -0.25) is 0 Å². The summed E-state index contributed by atoms with van der Waals surface area (Å²) in [5.41, 5.74) is 7.61. The first-order chi connectivity index (χ1) is 7.63. The molecular weight excluding hydrogens is 208 g/mol. The largest absolute Gasteiger partial charge is 0.508 e. The number of aromatic nitrogens is 1. The Balaban J connectivity index is 2.64. The average Bonchev–Trinajstić information content (AvgIpc) is 2.68. The summed E-state index contributed by atoms with van der Waals surface area (Å²) in [7, 11) is 1.55. The molecule has 1 heterocycles. The first-order valence-electron chi connectivity index (χ1n) is 4.71. The molecule has 0 unspecified atom stereocenters. The third-order valence-electron chi connectivity index (χ3n) is 2.41. The standard InChI is InChI=1S/C11H12N2O3/c1-6-3-10(15-2)7(4-9(6)14)8-5-13-16-11(8)12/h3-5,14H,12H2,1-2H3. The monoisotopic (exact) mass is 220 g/mol. The fraction of sp³-hybridized carbons (Fsp3) is 0.182. The summed E-state index contributed by atoms with van der Waals surface area (Å²) >= 11 is 0. The van der Waals surface area contributed by atoms with Gasteiger partial charge < -0.3 is 20.1 Å². The molecule has 1 aromatic carbocycles. The molecule has 0 amide bonds. The molecule has 0 saturated heterocycles. The topological polar surface area (TPSA) is 81.5 Å². The van der Waals surface area contributed by atoms with Crippen molar-refractivity contribution in [2.75, 3.05) is 12.8 Å². The molecule has 0 aliphatic rings. The Bertz CT molecular complexity index is 520. The SMILES string of the molecule is COc1cc(C)c(O)cc1-c1cnoc1N. The van der Waals surface area contributed by atoms with E-state index in [-0.39, 0.29) is 11.6 Å².